The van der Waals surface area contributed by atoms with Crippen molar-refractivity contribution in [1.29, 1.82) is 0 Å². The summed E-state index contributed by atoms with van der Waals surface area (Å²) in [6, 6.07) is 8.65. The van der Waals surface area contributed by atoms with Crippen LogP contribution in [0.5, 0.6) is 0 Å². The van der Waals surface area contributed by atoms with Crippen LogP contribution >= 0.6 is 0 Å². The third-order valence-electron chi connectivity index (χ3n) is 3.53. The molecule has 0 aliphatic heterocycles. The molecule has 1 heterocycles. The van der Waals surface area contributed by atoms with Crippen molar-refractivity contribution >= 4 is 0 Å². The molecule has 18 heavy (non-hydrogen) atoms. The predicted molar refractivity (Wildman–Crippen MR) is 76.8 cm³/mol. The number of aromatic nitrogens is 2. The molecule has 96 valence electrons. The van der Waals surface area contributed by atoms with Gasteiger partial charge in [0.1, 0.15) is 0 Å². The molecule has 0 unspecified atom stereocenters. The third kappa shape index (κ3) is 2.20. The van der Waals surface area contributed by atoms with E-state index in [0.717, 1.165) is 5.69 Å². The SMILES string of the molecule is Cc1cccc(-c2cc(C(C)(C)C)nn2C)c1C. The van der Waals surface area contributed by atoms with E-state index < -0.39 is 0 Å². The zero-order chi connectivity index (χ0) is 13.5. The lowest BCUT2D eigenvalue weighted by molar-refractivity contribution is 0.553. The van der Waals surface area contributed by atoms with Crippen molar-refractivity contribution in [3.05, 3.63) is 41.1 Å². The third-order valence-corrected chi connectivity index (χ3v) is 3.53. The maximum Gasteiger partial charge on any atom is 0.0684 e. The molecule has 0 fully saturated rings. The van der Waals surface area contributed by atoms with E-state index in [-0.39, 0.29) is 5.41 Å². The van der Waals surface area contributed by atoms with Gasteiger partial charge >= 0.3 is 0 Å². The minimum atomic E-state index is 0.0910. The smallest absolute Gasteiger partial charge is 0.0684 e. The van der Waals surface area contributed by atoms with E-state index in [1.165, 1.54) is 22.4 Å². The van der Waals surface area contributed by atoms with Gasteiger partial charge in [-0.2, -0.15) is 5.10 Å². The fourth-order valence-corrected chi connectivity index (χ4v) is 2.11. The lowest BCUT2D eigenvalue weighted by atomic mass is 9.91. The van der Waals surface area contributed by atoms with Crippen molar-refractivity contribution in [2.45, 2.75) is 40.0 Å². The highest BCUT2D eigenvalue weighted by atomic mass is 15.3. The molecule has 0 atom stereocenters. The number of aryl methyl sites for hydroxylation is 2. The Morgan fingerprint density at radius 2 is 1.78 bits per heavy atom. The maximum atomic E-state index is 4.65. The van der Waals surface area contributed by atoms with Gasteiger partial charge in [0.05, 0.1) is 11.4 Å². The van der Waals surface area contributed by atoms with Gasteiger partial charge in [0.15, 0.2) is 0 Å². The summed E-state index contributed by atoms with van der Waals surface area (Å²) in [5.74, 6) is 0. The van der Waals surface area contributed by atoms with E-state index in [1.807, 2.05) is 11.7 Å². The average Bonchev–Trinajstić information content (AvgIpc) is 2.64. The first kappa shape index (κ1) is 12.9. The Labute approximate surface area is 110 Å². The van der Waals surface area contributed by atoms with Crippen LogP contribution in [0, 0.1) is 13.8 Å². The molecule has 0 N–H and O–H groups in total. The van der Waals surface area contributed by atoms with Crippen molar-refractivity contribution < 1.29 is 0 Å². The van der Waals surface area contributed by atoms with Gasteiger partial charge in [-0.05, 0) is 31.0 Å². The molecular formula is C16H22N2. The van der Waals surface area contributed by atoms with Gasteiger partial charge in [0.2, 0.25) is 0 Å². The largest absolute Gasteiger partial charge is 0.268 e. The fraction of sp³-hybridized carbons (Fsp3) is 0.438. The quantitative estimate of drug-likeness (QED) is 0.739. The molecule has 2 aromatic rings. The van der Waals surface area contributed by atoms with Crippen molar-refractivity contribution in [2.75, 3.05) is 0 Å². The van der Waals surface area contributed by atoms with Crippen LogP contribution in [0.1, 0.15) is 37.6 Å². The van der Waals surface area contributed by atoms with Crippen LogP contribution < -0.4 is 0 Å². The van der Waals surface area contributed by atoms with Crippen LogP contribution in [0.4, 0.5) is 0 Å². The highest BCUT2D eigenvalue weighted by Crippen LogP contribution is 2.29. The summed E-state index contributed by atoms with van der Waals surface area (Å²) in [5, 5.41) is 4.65. The fourth-order valence-electron chi connectivity index (χ4n) is 2.11. The monoisotopic (exact) mass is 242 g/mol. The summed E-state index contributed by atoms with van der Waals surface area (Å²) in [6.45, 7) is 10.9. The molecule has 0 bridgehead atoms. The van der Waals surface area contributed by atoms with Gasteiger partial charge < -0.3 is 0 Å². The molecule has 0 radical (unpaired) electrons. The molecule has 0 aliphatic rings. The van der Waals surface area contributed by atoms with Crippen LogP contribution in [0.15, 0.2) is 24.3 Å². The Hall–Kier alpha value is -1.57. The van der Waals surface area contributed by atoms with Crippen LogP contribution in [0.2, 0.25) is 0 Å². The molecule has 0 amide bonds. The average molecular weight is 242 g/mol. The molecule has 1 aromatic heterocycles. The number of benzene rings is 1. The van der Waals surface area contributed by atoms with Crippen LogP contribution in [-0.2, 0) is 12.5 Å². The summed E-state index contributed by atoms with van der Waals surface area (Å²) in [4.78, 5) is 0. The zero-order valence-corrected chi connectivity index (χ0v) is 12.2. The predicted octanol–water partition coefficient (Wildman–Crippen LogP) is 4.00. The summed E-state index contributed by atoms with van der Waals surface area (Å²) < 4.78 is 1.99. The second-order valence-electron chi connectivity index (χ2n) is 6.04. The number of nitrogens with zero attached hydrogens (tertiary/aromatic N) is 2. The molecule has 2 rings (SSSR count). The lowest BCUT2D eigenvalue weighted by Gasteiger charge is -2.13. The minimum absolute atomic E-state index is 0.0910. The van der Waals surface area contributed by atoms with Gasteiger partial charge in [-0.1, -0.05) is 39.0 Å². The minimum Gasteiger partial charge on any atom is -0.268 e. The zero-order valence-electron chi connectivity index (χ0n) is 12.2. The molecule has 2 heteroatoms. The molecule has 0 saturated carbocycles. The Morgan fingerprint density at radius 1 is 1.11 bits per heavy atom. The summed E-state index contributed by atoms with van der Waals surface area (Å²) >= 11 is 0. The highest BCUT2D eigenvalue weighted by molar-refractivity contribution is 5.66. The van der Waals surface area contributed by atoms with Gasteiger partial charge in [-0.15, -0.1) is 0 Å². The Morgan fingerprint density at radius 3 is 2.33 bits per heavy atom. The van der Waals surface area contributed by atoms with Gasteiger partial charge in [-0.25, -0.2) is 0 Å². The lowest BCUT2D eigenvalue weighted by Crippen LogP contribution is -2.12. The molecule has 0 spiro atoms. The van der Waals surface area contributed by atoms with Gasteiger partial charge in [-0.3, -0.25) is 4.68 Å². The molecule has 0 aliphatic carbocycles. The second kappa shape index (κ2) is 4.27. The molecule has 1 aromatic carbocycles. The molecular weight excluding hydrogens is 220 g/mol. The van der Waals surface area contributed by atoms with Crippen LogP contribution in [0.3, 0.4) is 0 Å². The van der Waals surface area contributed by atoms with Crippen LogP contribution in [0.25, 0.3) is 11.3 Å². The van der Waals surface area contributed by atoms with Crippen molar-refractivity contribution in [1.82, 2.24) is 9.78 Å². The van der Waals surface area contributed by atoms with E-state index >= 15 is 0 Å². The van der Waals surface area contributed by atoms with E-state index in [1.54, 1.807) is 0 Å². The second-order valence-corrected chi connectivity index (χ2v) is 6.04. The summed E-state index contributed by atoms with van der Waals surface area (Å²) in [5.41, 5.74) is 6.36. The van der Waals surface area contributed by atoms with E-state index in [4.69, 9.17) is 0 Å². The van der Waals surface area contributed by atoms with Gasteiger partial charge in [0, 0.05) is 18.0 Å². The molecule has 0 saturated heterocycles. The highest BCUT2D eigenvalue weighted by Gasteiger charge is 2.20. The van der Waals surface area contributed by atoms with Crippen molar-refractivity contribution in [3.8, 4) is 11.3 Å². The van der Waals surface area contributed by atoms with Crippen molar-refractivity contribution in [2.24, 2.45) is 7.05 Å². The van der Waals surface area contributed by atoms with E-state index in [2.05, 4.69) is 64.0 Å². The number of rotatable bonds is 1. The summed E-state index contributed by atoms with van der Waals surface area (Å²) in [7, 11) is 2.02. The maximum absolute atomic E-state index is 4.65. The number of hydrogen-bond acceptors (Lipinski definition) is 1. The van der Waals surface area contributed by atoms with E-state index in [0.29, 0.717) is 0 Å². The Bertz CT molecular complexity index is 571. The topological polar surface area (TPSA) is 17.8 Å². The van der Waals surface area contributed by atoms with Crippen LogP contribution in [-0.4, -0.2) is 9.78 Å². The molecule has 2 nitrogen and oxygen atoms in total. The first-order chi connectivity index (χ1) is 8.30. The summed E-state index contributed by atoms with van der Waals surface area (Å²) in [6.07, 6.45) is 0. The van der Waals surface area contributed by atoms with E-state index in [9.17, 15) is 0 Å². The first-order valence-electron chi connectivity index (χ1n) is 6.42. The first-order valence-corrected chi connectivity index (χ1v) is 6.42. The normalized spacial score (nSPS) is 11.9. The van der Waals surface area contributed by atoms with Gasteiger partial charge in [0.25, 0.3) is 0 Å². The Balaban J connectivity index is 2.58. The number of hydrogen-bond donors (Lipinski definition) is 0. The Kier molecular flexibility index (Phi) is 3.05. The van der Waals surface area contributed by atoms with Crippen molar-refractivity contribution in [3.63, 3.8) is 0 Å². The standard InChI is InChI=1S/C16H22N2/c1-11-8-7-9-13(12(11)2)14-10-15(16(3,4)5)17-18(14)6/h7-10H,1-6H3.